The molecule has 31 heavy (non-hydrogen) atoms. The fourth-order valence-electron chi connectivity index (χ4n) is 3.47. The van der Waals surface area contributed by atoms with Gasteiger partial charge in [0.2, 0.25) is 11.8 Å². The lowest BCUT2D eigenvalue weighted by atomic mass is 10.0. The second kappa shape index (κ2) is 10.6. The van der Waals surface area contributed by atoms with Crippen molar-refractivity contribution in [1.29, 1.82) is 0 Å². The molecule has 0 heterocycles. The Morgan fingerprint density at radius 2 is 1.61 bits per heavy atom. The molecule has 1 atom stereocenters. The highest BCUT2D eigenvalue weighted by molar-refractivity contribution is 5.94. The summed E-state index contributed by atoms with van der Waals surface area (Å²) < 4.78 is 5.26. The number of carbonyl (C=O) groups is 2. The largest absolute Gasteiger partial charge is 0.495 e. The van der Waals surface area contributed by atoms with E-state index in [1.807, 2.05) is 44.2 Å². The number of fused-ring (bicyclic) bond motifs is 1. The van der Waals surface area contributed by atoms with E-state index in [2.05, 4.69) is 34.9 Å². The molecule has 3 rings (SSSR count). The predicted octanol–water partition coefficient (Wildman–Crippen LogP) is 3.99. The Kier molecular flexibility index (Phi) is 7.62. The monoisotopic (exact) mass is 419 g/mol. The van der Waals surface area contributed by atoms with Crippen molar-refractivity contribution < 1.29 is 14.3 Å². The van der Waals surface area contributed by atoms with Gasteiger partial charge in [0.25, 0.3) is 0 Å². The third-order valence-corrected chi connectivity index (χ3v) is 5.21. The second-order valence-electron chi connectivity index (χ2n) is 7.45. The Hall–Kier alpha value is -3.38. The lowest BCUT2D eigenvalue weighted by Crippen LogP contribution is -2.41. The summed E-state index contributed by atoms with van der Waals surface area (Å²) in [5, 5.41) is 8.19. The van der Waals surface area contributed by atoms with Crippen molar-refractivity contribution in [1.82, 2.24) is 10.2 Å². The number of hydrogen-bond donors (Lipinski definition) is 2. The Bertz CT molecular complexity index is 1050. The number of methoxy groups -OCH3 is 1. The van der Waals surface area contributed by atoms with Gasteiger partial charge in [-0.3, -0.25) is 14.5 Å². The molecule has 6 nitrogen and oxygen atoms in total. The maximum absolute atomic E-state index is 12.6. The van der Waals surface area contributed by atoms with E-state index in [0.717, 1.165) is 10.9 Å². The number of nitrogens with one attached hydrogen (secondary N) is 2. The number of hydrogen-bond acceptors (Lipinski definition) is 4. The molecule has 162 valence electrons. The zero-order valence-electron chi connectivity index (χ0n) is 18.2. The minimum absolute atomic E-state index is 0.117. The molecule has 6 heteroatoms. The van der Waals surface area contributed by atoms with Gasteiger partial charge in [-0.15, -0.1) is 0 Å². The molecule has 2 N–H and O–H groups in total. The molecule has 0 saturated carbocycles. The summed E-state index contributed by atoms with van der Waals surface area (Å²) in [4.78, 5) is 26.9. The zero-order valence-corrected chi connectivity index (χ0v) is 18.2. The number of rotatable bonds is 9. The third kappa shape index (κ3) is 6.06. The van der Waals surface area contributed by atoms with E-state index in [1.165, 1.54) is 5.39 Å². The van der Waals surface area contributed by atoms with Crippen molar-refractivity contribution in [3.05, 3.63) is 72.3 Å². The van der Waals surface area contributed by atoms with Crippen molar-refractivity contribution in [3.63, 3.8) is 0 Å². The molecule has 0 fully saturated rings. The van der Waals surface area contributed by atoms with E-state index < -0.39 is 0 Å². The number of ether oxygens (including phenoxy) is 1. The summed E-state index contributed by atoms with van der Waals surface area (Å²) in [6.07, 6.45) is 0. The molecule has 0 spiro atoms. The van der Waals surface area contributed by atoms with Gasteiger partial charge in [-0.05, 0) is 48.0 Å². The van der Waals surface area contributed by atoms with Crippen LogP contribution in [0.1, 0.15) is 25.5 Å². The average molecular weight is 420 g/mol. The van der Waals surface area contributed by atoms with E-state index in [-0.39, 0.29) is 30.9 Å². The third-order valence-electron chi connectivity index (χ3n) is 5.21. The highest BCUT2D eigenvalue weighted by atomic mass is 16.5. The highest BCUT2D eigenvalue weighted by Crippen LogP contribution is 2.23. The van der Waals surface area contributed by atoms with Gasteiger partial charge in [-0.25, -0.2) is 0 Å². The van der Waals surface area contributed by atoms with Crippen LogP contribution >= 0.6 is 0 Å². The molecule has 0 aliphatic rings. The molecule has 0 aliphatic heterocycles. The molecular formula is C25H29N3O3. The molecule has 0 radical (unpaired) electrons. The topological polar surface area (TPSA) is 70.7 Å². The van der Waals surface area contributed by atoms with E-state index in [4.69, 9.17) is 4.74 Å². The number of amides is 2. The summed E-state index contributed by atoms with van der Waals surface area (Å²) in [6, 6.07) is 21.5. The quantitative estimate of drug-likeness (QED) is 0.550. The molecule has 0 aliphatic carbocycles. The van der Waals surface area contributed by atoms with Gasteiger partial charge in [-0.2, -0.15) is 0 Å². The Morgan fingerprint density at radius 3 is 2.35 bits per heavy atom. The Labute approximate surface area is 183 Å². The van der Waals surface area contributed by atoms with E-state index in [9.17, 15) is 9.59 Å². The smallest absolute Gasteiger partial charge is 0.238 e. The van der Waals surface area contributed by atoms with Crippen LogP contribution in [-0.4, -0.2) is 43.5 Å². The lowest BCUT2D eigenvalue weighted by molar-refractivity contribution is -0.123. The fraction of sp³-hybridized carbons (Fsp3) is 0.280. The first-order chi connectivity index (χ1) is 15.0. The number of nitrogens with zero attached hydrogens (tertiary/aromatic N) is 1. The zero-order chi connectivity index (χ0) is 22.2. The normalized spacial score (nSPS) is 11.9. The number of likely N-dealkylation sites (N-methyl/N-ethyl adjacent to an activating group) is 1. The number of benzene rings is 3. The van der Waals surface area contributed by atoms with Crippen LogP contribution in [0.2, 0.25) is 0 Å². The Balaban J connectivity index is 1.55. The first-order valence-electron chi connectivity index (χ1n) is 10.4. The van der Waals surface area contributed by atoms with Gasteiger partial charge < -0.3 is 15.4 Å². The molecule has 1 unspecified atom stereocenters. The lowest BCUT2D eigenvalue weighted by Gasteiger charge is -2.21. The van der Waals surface area contributed by atoms with E-state index in [1.54, 1.807) is 24.1 Å². The summed E-state index contributed by atoms with van der Waals surface area (Å²) >= 11 is 0. The summed E-state index contributed by atoms with van der Waals surface area (Å²) in [5.41, 5.74) is 1.66. The number of para-hydroxylation sites is 2. The molecule has 0 saturated heterocycles. The van der Waals surface area contributed by atoms with Crippen LogP contribution in [-0.2, 0) is 9.59 Å². The minimum Gasteiger partial charge on any atom is -0.495 e. The van der Waals surface area contributed by atoms with Crippen LogP contribution in [0.25, 0.3) is 10.8 Å². The van der Waals surface area contributed by atoms with Gasteiger partial charge in [0.1, 0.15) is 5.75 Å². The van der Waals surface area contributed by atoms with Gasteiger partial charge in [0.05, 0.1) is 31.9 Å². The van der Waals surface area contributed by atoms with Crippen LogP contribution in [0.5, 0.6) is 5.75 Å². The van der Waals surface area contributed by atoms with Gasteiger partial charge in [-0.1, -0.05) is 55.5 Å². The molecule has 0 aromatic heterocycles. The van der Waals surface area contributed by atoms with Crippen LogP contribution in [0.3, 0.4) is 0 Å². The SMILES string of the molecule is CCN(CC(=O)Nc1ccccc1OC)CC(=O)NC(C)c1ccc2ccccc2c1. The predicted molar refractivity (Wildman–Crippen MR) is 124 cm³/mol. The number of anilines is 1. The molecule has 2 amide bonds. The van der Waals surface area contributed by atoms with E-state index in [0.29, 0.717) is 18.0 Å². The van der Waals surface area contributed by atoms with Crippen LogP contribution < -0.4 is 15.4 Å². The van der Waals surface area contributed by atoms with Crippen molar-refractivity contribution >= 4 is 28.3 Å². The molecule has 3 aromatic carbocycles. The summed E-state index contributed by atoms with van der Waals surface area (Å²) in [5.74, 6) is 0.287. The van der Waals surface area contributed by atoms with Gasteiger partial charge in [0, 0.05) is 0 Å². The van der Waals surface area contributed by atoms with Crippen molar-refractivity contribution in [3.8, 4) is 5.75 Å². The standard InChI is InChI=1S/C25H29N3O3/c1-4-28(17-25(30)27-22-11-7-8-12-23(22)31-3)16-24(29)26-18(2)20-14-13-19-9-5-6-10-21(19)15-20/h5-15,18H,4,16-17H2,1-3H3,(H,26,29)(H,27,30). The first-order valence-corrected chi connectivity index (χ1v) is 10.4. The van der Waals surface area contributed by atoms with Crippen LogP contribution in [0.4, 0.5) is 5.69 Å². The van der Waals surface area contributed by atoms with Gasteiger partial charge in [0.15, 0.2) is 0 Å². The molecule has 0 bridgehead atoms. The van der Waals surface area contributed by atoms with Crippen molar-refractivity contribution in [2.45, 2.75) is 19.9 Å². The molecule has 3 aromatic rings. The number of carbonyl (C=O) groups excluding carboxylic acids is 2. The minimum atomic E-state index is -0.193. The van der Waals surface area contributed by atoms with Crippen molar-refractivity contribution in [2.75, 3.05) is 32.1 Å². The first kappa shape index (κ1) is 22.3. The van der Waals surface area contributed by atoms with Crippen LogP contribution in [0.15, 0.2) is 66.7 Å². The highest BCUT2D eigenvalue weighted by Gasteiger charge is 2.16. The summed E-state index contributed by atoms with van der Waals surface area (Å²) in [6.45, 7) is 4.74. The maximum Gasteiger partial charge on any atom is 0.238 e. The fourth-order valence-corrected chi connectivity index (χ4v) is 3.47. The second-order valence-corrected chi connectivity index (χ2v) is 7.45. The van der Waals surface area contributed by atoms with E-state index >= 15 is 0 Å². The summed E-state index contributed by atoms with van der Waals surface area (Å²) in [7, 11) is 1.56. The maximum atomic E-state index is 12.6. The average Bonchev–Trinajstić information content (AvgIpc) is 2.78. The van der Waals surface area contributed by atoms with Crippen LogP contribution in [0, 0.1) is 0 Å². The Morgan fingerprint density at radius 1 is 0.935 bits per heavy atom. The van der Waals surface area contributed by atoms with Crippen molar-refractivity contribution in [2.24, 2.45) is 0 Å². The van der Waals surface area contributed by atoms with Gasteiger partial charge >= 0.3 is 0 Å². The molecular weight excluding hydrogens is 390 g/mol.